The molecule has 0 spiro atoms. The summed E-state index contributed by atoms with van der Waals surface area (Å²) < 4.78 is 1.82. The Kier molecular flexibility index (Phi) is 4.09. The molecular weight excluding hydrogens is 188 g/mol. The van der Waals surface area contributed by atoms with Crippen molar-refractivity contribution in [2.24, 2.45) is 0 Å². The maximum atomic E-state index is 12.1. The van der Waals surface area contributed by atoms with Crippen molar-refractivity contribution in [3.05, 3.63) is 33.2 Å². The average molecular weight is 208 g/mol. The van der Waals surface area contributed by atoms with Crippen LogP contribution < -0.4 is 10.9 Å². The fourth-order valence-corrected chi connectivity index (χ4v) is 1.83. The molecule has 0 atom stereocenters. The van der Waals surface area contributed by atoms with Crippen LogP contribution in [-0.4, -0.2) is 11.1 Å². The van der Waals surface area contributed by atoms with Gasteiger partial charge in [0.05, 0.1) is 0 Å². The smallest absolute Gasteiger partial charge is 0.255 e. The molecule has 1 aromatic rings. The minimum absolute atomic E-state index is 0.149. The number of nitrogens with one attached hydrogen (secondary N) is 1. The summed E-state index contributed by atoms with van der Waals surface area (Å²) in [7, 11) is 0. The molecule has 15 heavy (non-hydrogen) atoms. The number of nitrogens with zero attached hydrogens (tertiary/aromatic N) is 1. The van der Waals surface area contributed by atoms with Gasteiger partial charge in [0, 0.05) is 24.3 Å². The fraction of sp³-hybridized carbons (Fsp3) is 0.583. The first-order valence-corrected chi connectivity index (χ1v) is 5.52. The molecule has 0 radical (unpaired) electrons. The van der Waals surface area contributed by atoms with Crippen LogP contribution in [0.15, 0.2) is 10.9 Å². The van der Waals surface area contributed by atoms with E-state index < -0.39 is 0 Å². The largest absolute Gasteiger partial charge is 0.313 e. The Hall–Kier alpha value is -1.09. The molecule has 0 aliphatic rings. The summed E-state index contributed by atoms with van der Waals surface area (Å²) in [5, 5.41) is 3.20. The number of pyridine rings is 1. The number of aromatic nitrogens is 1. The highest BCUT2D eigenvalue weighted by molar-refractivity contribution is 5.26. The Morgan fingerprint density at radius 1 is 1.33 bits per heavy atom. The number of hydrogen-bond donors (Lipinski definition) is 1. The van der Waals surface area contributed by atoms with Gasteiger partial charge in [0.2, 0.25) is 0 Å². The molecule has 1 rings (SSSR count). The SMILES string of the molecule is CCNCc1c(C)cc(C)n(CC)c1=O. The topological polar surface area (TPSA) is 34.0 Å². The number of aryl methyl sites for hydroxylation is 2. The van der Waals surface area contributed by atoms with Crippen molar-refractivity contribution in [3.63, 3.8) is 0 Å². The van der Waals surface area contributed by atoms with Gasteiger partial charge in [-0.2, -0.15) is 0 Å². The molecule has 0 unspecified atom stereocenters. The van der Waals surface area contributed by atoms with Gasteiger partial charge in [0.1, 0.15) is 0 Å². The third kappa shape index (κ3) is 2.48. The van der Waals surface area contributed by atoms with E-state index in [-0.39, 0.29) is 5.56 Å². The molecular formula is C12H20N2O. The highest BCUT2D eigenvalue weighted by Crippen LogP contribution is 2.05. The van der Waals surface area contributed by atoms with Crippen molar-refractivity contribution in [2.75, 3.05) is 6.54 Å². The van der Waals surface area contributed by atoms with Gasteiger partial charge in [0.25, 0.3) is 5.56 Å². The lowest BCUT2D eigenvalue weighted by Gasteiger charge is -2.12. The fourth-order valence-electron chi connectivity index (χ4n) is 1.83. The third-order valence-electron chi connectivity index (χ3n) is 2.70. The lowest BCUT2D eigenvalue weighted by atomic mass is 10.1. The Morgan fingerprint density at radius 3 is 2.53 bits per heavy atom. The van der Waals surface area contributed by atoms with Crippen LogP contribution in [0.3, 0.4) is 0 Å². The molecule has 0 bridgehead atoms. The summed E-state index contributed by atoms with van der Waals surface area (Å²) in [5.74, 6) is 0. The van der Waals surface area contributed by atoms with Crippen molar-refractivity contribution in [1.29, 1.82) is 0 Å². The Labute approximate surface area is 91.1 Å². The molecule has 0 saturated heterocycles. The van der Waals surface area contributed by atoms with Crippen LogP contribution in [0.25, 0.3) is 0 Å². The Balaban J connectivity index is 3.20. The van der Waals surface area contributed by atoms with Crippen LogP contribution in [0.1, 0.15) is 30.7 Å². The summed E-state index contributed by atoms with van der Waals surface area (Å²) in [5.41, 5.74) is 3.17. The summed E-state index contributed by atoms with van der Waals surface area (Å²) in [6, 6.07) is 2.08. The van der Waals surface area contributed by atoms with E-state index in [2.05, 4.69) is 11.4 Å². The molecule has 3 heteroatoms. The zero-order valence-corrected chi connectivity index (χ0v) is 10.1. The molecule has 0 amide bonds. The van der Waals surface area contributed by atoms with E-state index in [4.69, 9.17) is 0 Å². The highest BCUT2D eigenvalue weighted by atomic mass is 16.1. The van der Waals surface area contributed by atoms with E-state index in [1.165, 1.54) is 0 Å². The lowest BCUT2D eigenvalue weighted by molar-refractivity contribution is 0.659. The number of rotatable bonds is 4. The molecule has 0 aromatic carbocycles. The van der Waals surface area contributed by atoms with Crippen LogP contribution in [0.2, 0.25) is 0 Å². The first kappa shape index (κ1) is 12.0. The van der Waals surface area contributed by atoms with Gasteiger partial charge in [-0.15, -0.1) is 0 Å². The molecule has 1 aromatic heterocycles. The van der Waals surface area contributed by atoms with E-state index >= 15 is 0 Å². The first-order chi connectivity index (χ1) is 7.11. The van der Waals surface area contributed by atoms with Crippen LogP contribution in [0, 0.1) is 13.8 Å². The van der Waals surface area contributed by atoms with Crippen molar-refractivity contribution >= 4 is 0 Å². The van der Waals surface area contributed by atoms with E-state index in [9.17, 15) is 4.79 Å². The average Bonchev–Trinajstić information content (AvgIpc) is 2.17. The van der Waals surface area contributed by atoms with Gasteiger partial charge in [0.15, 0.2) is 0 Å². The van der Waals surface area contributed by atoms with Crippen LogP contribution in [-0.2, 0) is 13.1 Å². The zero-order chi connectivity index (χ0) is 11.4. The maximum absolute atomic E-state index is 12.1. The number of hydrogen-bond acceptors (Lipinski definition) is 2. The van der Waals surface area contributed by atoms with E-state index in [0.717, 1.165) is 29.9 Å². The summed E-state index contributed by atoms with van der Waals surface area (Å²) in [6.45, 7) is 10.3. The van der Waals surface area contributed by atoms with Crippen LogP contribution >= 0.6 is 0 Å². The lowest BCUT2D eigenvalue weighted by Crippen LogP contribution is -2.29. The summed E-state index contributed by atoms with van der Waals surface area (Å²) >= 11 is 0. The van der Waals surface area contributed by atoms with E-state index in [1.54, 1.807) is 0 Å². The van der Waals surface area contributed by atoms with Gasteiger partial charge in [-0.25, -0.2) is 0 Å². The van der Waals surface area contributed by atoms with Gasteiger partial charge in [-0.05, 0) is 38.9 Å². The van der Waals surface area contributed by atoms with Gasteiger partial charge >= 0.3 is 0 Å². The molecule has 0 fully saturated rings. The normalized spacial score (nSPS) is 10.7. The van der Waals surface area contributed by atoms with Crippen molar-refractivity contribution < 1.29 is 0 Å². The molecule has 0 saturated carbocycles. The van der Waals surface area contributed by atoms with Crippen molar-refractivity contribution in [3.8, 4) is 0 Å². The van der Waals surface area contributed by atoms with Gasteiger partial charge in [-0.1, -0.05) is 6.92 Å². The monoisotopic (exact) mass is 208 g/mol. The second-order valence-electron chi connectivity index (χ2n) is 3.78. The molecule has 0 aliphatic carbocycles. The minimum Gasteiger partial charge on any atom is -0.313 e. The molecule has 1 heterocycles. The molecule has 84 valence electrons. The van der Waals surface area contributed by atoms with Crippen LogP contribution in [0.4, 0.5) is 0 Å². The zero-order valence-electron chi connectivity index (χ0n) is 10.1. The summed E-state index contributed by atoms with van der Waals surface area (Å²) in [4.78, 5) is 12.1. The second-order valence-corrected chi connectivity index (χ2v) is 3.78. The highest BCUT2D eigenvalue weighted by Gasteiger charge is 2.08. The van der Waals surface area contributed by atoms with Crippen molar-refractivity contribution in [2.45, 2.75) is 40.8 Å². The van der Waals surface area contributed by atoms with Crippen LogP contribution in [0.5, 0.6) is 0 Å². The predicted molar refractivity (Wildman–Crippen MR) is 63.2 cm³/mol. The molecule has 3 nitrogen and oxygen atoms in total. The molecule has 0 aliphatic heterocycles. The predicted octanol–water partition coefficient (Wildman–Crippen LogP) is 1.59. The van der Waals surface area contributed by atoms with E-state index in [0.29, 0.717) is 6.54 Å². The maximum Gasteiger partial charge on any atom is 0.255 e. The minimum atomic E-state index is 0.149. The van der Waals surface area contributed by atoms with Crippen molar-refractivity contribution in [1.82, 2.24) is 9.88 Å². The third-order valence-corrected chi connectivity index (χ3v) is 2.70. The molecule has 1 N–H and O–H groups in total. The van der Waals surface area contributed by atoms with E-state index in [1.807, 2.05) is 32.3 Å². The second kappa shape index (κ2) is 5.12. The standard InChI is InChI=1S/C12H20N2O/c1-5-13-8-11-9(3)7-10(4)14(6-2)12(11)15/h7,13H,5-6,8H2,1-4H3. The van der Waals surface area contributed by atoms with Gasteiger partial charge in [-0.3, -0.25) is 4.79 Å². The van der Waals surface area contributed by atoms with Gasteiger partial charge < -0.3 is 9.88 Å². The first-order valence-electron chi connectivity index (χ1n) is 5.52. The Bertz CT molecular complexity index is 393. The Morgan fingerprint density at radius 2 is 2.00 bits per heavy atom. The summed E-state index contributed by atoms with van der Waals surface area (Å²) in [6.07, 6.45) is 0. The quantitative estimate of drug-likeness (QED) is 0.815.